The molecule has 1 amide bonds. The minimum atomic E-state index is -1.08. The second-order valence-electron chi connectivity index (χ2n) is 4.15. The van der Waals surface area contributed by atoms with Crippen molar-refractivity contribution in [3.05, 3.63) is 53.9 Å². The number of pyridine rings is 1. The van der Waals surface area contributed by atoms with Crippen LogP contribution in [0.1, 0.15) is 21.9 Å². The number of aromatic nitrogens is 3. The number of carbonyl (C=O) groups is 2. The Kier molecular flexibility index (Phi) is 4.81. The Bertz CT molecular complexity index is 650. The van der Waals surface area contributed by atoms with Crippen molar-refractivity contribution in [2.45, 2.75) is 6.42 Å². The third kappa shape index (κ3) is 4.27. The van der Waals surface area contributed by atoms with Gasteiger partial charge in [-0.1, -0.05) is 6.07 Å². The lowest BCUT2D eigenvalue weighted by molar-refractivity contribution is -0.131. The van der Waals surface area contributed by atoms with Crippen molar-refractivity contribution < 1.29 is 14.7 Å². The van der Waals surface area contributed by atoms with E-state index in [9.17, 15) is 9.59 Å². The molecule has 0 aliphatic heterocycles. The largest absolute Gasteiger partial charge is 0.478 e. The molecule has 0 saturated heterocycles. The molecule has 2 rings (SSSR count). The van der Waals surface area contributed by atoms with Crippen LogP contribution in [0.2, 0.25) is 0 Å². The topological polar surface area (TPSA) is 108 Å². The van der Waals surface area contributed by atoms with Crippen LogP contribution in [0, 0.1) is 0 Å². The number of carboxylic acids is 1. The van der Waals surface area contributed by atoms with Gasteiger partial charge in [0.15, 0.2) is 0 Å². The van der Waals surface area contributed by atoms with Crippen molar-refractivity contribution >= 4 is 18.0 Å². The summed E-state index contributed by atoms with van der Waals surface area (Å²) in [5.74, 6) is -0.655. The van der Waals surface area contributed by atoms with Gasteiger partial charge in [-0.25, -0.2) is 9.78 Å². The number of hydrogen-bond donors (Lipinski definition) is 3. The smallest absolute Gasteiger partial charge is 0.328 e. The summed E-state index contributed by atoms with van der Waals surface area (Å²) in [6.07, 6.45) is 7.73. The number of nitrogens with one attached hydrogen (secondary N) is 2. The van der Waals surface area contributed by atoms with Crippen molar-refractivity contribution in [2.75, 3.05) is 6.54 Å². The predicted octanol–water partition coefficient (Wildman–Crippen LogP) is 0.875. The third-order valence-electron chi connectivity index (χ3n) is 2.66. The lowest BCUT2D eigenvalue weighted by Gasteiger charge is -2.06. The number of carbonyl (C=O) groups excluding carboxylic acids is 1. The van der Waals surface area contributed by atoms with Gasteiger partial charge in [-0.3, -0.25) is 9.78 Å². The van der Waals surface area contributed by atoms with Gasteiger partial charge in [0.05, 0.1) is 0 Å². The van der Waals surface area contributed by atoms with Crippen LogP contribution in [-0.2, 0) is 11.2 Å². The summed E-state index contributed by atoms with van der Waals surface area (Å²) in [6, 6.07) is 3.27. The highest BCUT2D eigenvalue weighted by Crippen LogP contribution is 2.07. The number of nitrogens with zero attached hydrogens (tertiary/aromatic N) is 2. The minimum Gasteiger partial charge on any atom is -0.478 e. The van der Waals surface area contributed by atoms with Gasteiger partial charge in [0.25, 0.3) is 5.91 Å². The zero-order valence-corrected chi connectivity index (χ0v) is 11.1. The highest BCUT2D eigenvalue weighted by Gasteiger charge is 2.10. The number of aliphatic carboxylic acids is 1. The molecule has 0 unspecified atom stereocenters. The highest BCUT2D eigenvalue weighted by molar-refractivity contribution is 5.97. The Hall–Kier alpha value is -2.96. The van der Waals surface area contributed by atoms with E-state index < -0.39 is 5.97 Å². The Morgan fingerprint density at radius 3 is 2.90 bits per heavy atom. The standard InChI is InChI=1S/C14H14N4O3/c19-12(20)4-3-10-2-1-6-17-13(10)14(21)18-7-5-11-15-8-9-16-11/h1-4,6,8-9H,5,7H2,(H,15,16)(H,18,21)(H,19,20)/b4-3+. The van der Waals surface area contributed by atoms with Crippen molar-refractivity contribution in [2.24, 2.45) is 0 Å². The maximum Gasteiger partial charge on any atom is 0.328 e. The van der Waals surface area contributed by atoms with E-state index in [-0.39, 0.29) is 11.6 Å². The van der Waals surface area contributed by atoms with Crippen LogP contribution in [0.25, 0.3) is 6.08 Å². The first-order valence-corrected chi connectivity index (χ1v) is 6.29. The van der Waals surface area contributed by atoms with Gasteiger partial charge < -0.3 is 15.4 Å². The van der Waals surface area contributed by atoms with E-state index >= 15 is 0 Å². The number of rotatable bonds is 6. The van der Waals surface area contributed by atoms with Crippen LogP contribution < -0.4 is 5.32 Å². The molecule has 0 aliphatic rings. The monoisotopic (exact) mass is 286 g/mol. The Balaban J connectivity index is 2.00. The van der Waals surface area contributed by atoms with Gasteiger partial charge >= 0.3 is 5.97 Å². The zero-order chi connectivity index (χ0) is 15.1. The predicted molar refractivity (Wildman–Crippen MR) is 75.5 cm³/mol. The van der Waals surface area contributed by atoms with Gasteiger partial charge in [-0.15, -0.1) is 0 Å². The second kappa shape index (κ2) is 6.99. The fourth-order valence-corrected chi connectivity index (χ4v) is 1.72. The molecule has 2 aromatic heterocycles. The van der Waals surface area contributed by atoms with E-state index in [2.05, 4.69) is 20.3 Å². The maximum atomic E-state index is 12.1. The molecule has 0 fully saturated rings. The van der Waals surface area contributed by atoms with E-state index in [4.69, 9.17) is 5.11 Å². The molecule has 0 radical (unpaired) electrons. The lowest BCUT2D eigenvalue weighted by atomic mass is 10.1. The number of H-pyrrole nitrogens is 1. The van der Waals surface area contributed by atoms with E-state index in [0.29, 0.717) is 18.5 Å². The number of aromatic amines is 1. The molecule has 3 N–H and O–H groups in total. The summed E-state index contributed by atoms with van der Waals surface area (Å²) in [4.78, 5) is 33.6. The van der Waals surface area contributed by atoms with Crippen LogP contribution in [-0.4, -0.2) is 38.5 Å². The molecule has 21 heavy (non-hydrogen) atoms. The fourth-order valence-electron chi connectivity index (χ4n) is 1.72. The molecular formula is C14H14N4O3. The number of amides is 1. The first-order chi connectivity index (χ1) is 10.2. The van der Waals surface area contributed by atoms with Gasteiger partial charge in [0.2, 0.25) is 0 Å². The van der Waals surface area contributed by atoms with E-state index in [1.807, 2.05) is 0 Å². The summed E-state index contributed by atoms with van der Waals surface area (Å²) in [5, 5.41) is 11.4. The van der Waals surface area contributed by atoms with E-state index in [1.54, 1.807) is 24.5 Å². The minimum absolute atomic E-state index is 0.189. The zero-order valence-electron chi connectivity index (χ0n) is 11.1. The lowest BCUT2D eigenvalue weighted by Crippen LogP contribution is -2.27. The summed E-state index contributed by atoms with van der Waals surface area (Å²) >= 11 is 0. The summed E-state index contributed by atoms with van der Waals surface area (Å²) in [7, 11) is 0. The number of imidazole rings is 1. The van der Waals surface area contributed by atoms with Crippen molar-refractivity contribution in [3.63, 3.8) is 0 Å². The fraction of sp³-hybridized carbons (Fsp3) is 0.143. The molecule has 0 aliphatic carbocycles. The van der Waals surface area contributed by atoms with Crippen LogP contribution in [0.15, 0.2) is 36.8 Å². The third-order valence-corrected chi connectivity index (χ3v) is 2.66. The molecule has 0 atom stereocenters. The Labute approximate surface area is 120 Å². The van der Waals surface area contributed by atoms with Crippen molar-refractivity contribution in [1.82, 2.24) is 20.3 Å². The molecule has 0 aromatic carbocycles. The normalized spacial score (nSPS) is 10.7. The van der Waals surface area contributed by atoms with Crippen LogP contribution in [0.5, 0.6) is 0 Å². The van der Waals surface area contributed by atoms with Crippen LogP contribution >= 0.6 is 0 Å². The Morgan fingerprint density at radius 2 is 2.19 bits per heavy atom. The molecule has 2 aromatic rings. The first-order valence-electron chi connectivity index (χ1n) is 6.29. The van der Waals surface area contributed by atoms with E-state index in [1.165, 1.54) is 12.3 Å². The van der Waals surface area contributed by atoms with E-state index in [0.717, 1.165) is 11.9 Å². The molecule has 7 nitrogen and oxygen atoms in total. The molecule has 0 saturated carbocycles. The van der Waals surface area contributed by atoms with Crippen molar-refractivity contribution in [3.8, 4) is 0 Å². The molecular weight excluding hydrogens is 272 g/mol. The second-order valence-corrected chi connectivity index (χ2v) is 4.15. The van der Waals surface area contributed by atoms with Gasteiger partial charge in [-0.05, 0) is 12.1 Å². The average Bonchev–Trinajstić information content (AvgIpc) is 2.98. The van der Waals surface area contributed by atoms with Crippen molar-refractivity contribution in [1.29, 1.82) is 0 Å². The number of carboxylic acid groups (broad SMARTS) is 1. The van der Waals surface area contributed by atoms with Crippen LogP contribution in [0.3, 0.4) is 0 Å². The maximum absolute atomic E-state index is 12.1. The average molecular weight is 286 g/mol. The van der Waals surface area contributed by atoms with Gasteiger partial charge in [0.1, 0.15) is 11.5 Å². The Morgan fingerprint density at radius 1 is 1.33 bits per heavy atom. The van der Waals surface area contributed by atoms with Gasteiger partial charge in [0, 0.05) is 43.2 Å². The number of hydrogen-bond acceptors (Lipinski definition) is 4. The summed E-state index contributed by atoms with van der Waals surface area (Å²) < 4.78 is 0. The molecule has 0 spiro atoms. The highest BCUT2D eigenvalue weighted by atomic mass is 16.4. The molecule has 2 heterocycles. The molecule has 0 bridgehead atoms. The molecule has 108 valence electrons. The van der Waals surface area contributed by atoms with Gasteiger partial charge in [-0.2, -0.15) is 0 Å². The molecule has 7 heteroatoms. The summed E-state index contributed by atoms with van der Waals surface area (Å²) in [5.41, 5.74) is 0.643. The summed E-state index contributed by atoms with van der Waals surface area (Å²) in [6.45, 7) is 0.408. The first kappa shape index (κ1) is 14.4. The van der Waals surface area contributed by atoms with Crippen LogP contribution in [0.4, 0.5) is 0 Å². The SMILES string of the molecule is O=C(O)/C=C/c1cccnc1C(=O)NCCc1ncc[nH]1. The quantitative estimate of drug-likeness (QED) is 0.683.